The zero-order valence-electron chi connectivity index (χ0n) is 12.9. The molecule has 1 heterocycles. The van der Waals surface area contributed by atoms with Crippen molar-refractivity contribution in [2.45, 2.75) is 42.7 Å². The molecule has 21 heavy (non-hydrogen) atoms. The van der Waals surface area contributed by atoms with E-state index in [1.807, 2.05) is 23.1 Å². The summed E-state index contributed by atoms with van der Waals surface area (Å²) in [7, 11) is 0. The molecule has 0 radical (unpaired) electrons. The molecule has 4 aliphatic carbocycles. The lowest BCUT2D eigenvalue weighted by Crippen LogP contribution is -2.50. The Balaban J connectivity index is 1.41. The molecule has 4 fully saturated rings. The van der Waals surface area contributed by atoms with Gasteiger partial charge >= 0.3 is 0 Å². The number of thiophene rings is 1. The van der Waals surface area contributed by atoms with E-state index >= 15 is 0 Å². The maximum absolute atomic E-state index is 4.28. The number of thioether (sulfide) groups is 1. The van der Waals surface area contributed by atoms with Gasteiger partial charge in [-0.2, -0.15) is 0 Å². The van der Waals surface area contributed by atoms with Crippen LogP contribution in [0.4, 0.5) is 0 Å². The summed E-state index contributed by atoms with van der Waals surface area (Å²) in [5.74, 6) is 3.11. The third kappa shape index (κ3) is 2.68. The van der Waals surface area contributed by atoms with Gasteiger partial charge in [-0.05, 0) is 80.1 Å². The molecular formula is C18H25NS2. The van der Waals surface area contributed by atoms with Crippen molar-refractivity contribution in [1.82, 2.24) is 5.32 Å². The monoisotopic (exact) mass is 319 g/mol. The Hall–Kier alpha value is -0.410. The van der Waals surface area contributed by atoms with Crippen LogP contribution in [0.25, 0.3) is 5.70 Å². The van der Waals surface area contributed by atoms with Crippen molar-refractivity contribution in [2.24, 2.45) is 23.2 Å². The van der Waals surface area contributed by atoms with Crippen LogP contribution in [0.2, 0.25) is 0 Å². The van der Waals surface area contributed by atoms with Gasteiger partial charge in [0.2, 0.25) is 0 Å². The van der Waals surface area contributed by atoms with Gasteiger partial charge in [-0.25, -0.2) is 0 Å². The third-order valence-electron chi connectivity index (χ3n) is 5.92. The number of nitrogens with one attached hydrogen (secondary N) is 1. The molecule has 0 aromatic carbocycles. The summed E-state index contributed by atoms with van der Waals surface area (Å²) in [4.78, 5) is 1.31. The van der Waals surface area contributed by atoms with E-state index in [2.05, 4.69) is 30.3 Å². The maximum atomic E-state index is 4.28. The van der Waals surface area contributed by atoms with Crippen LogP contribution in [0.5, 0.6) is 0 Å². The molecule has 0 amide bonds. The Morgan fingerprint density at radius 3 is 2.38 bits per heavy atom. The number of hydrogen-bond donors (Lipinski definition) is 1. The number of hydrogen-bond acceptors (Lipinski definition) is 3. The van der Waals surface area contributed by atoms with Gasteiger partial charge in [-0.15, -0.1) is 23.1 Å². The molecule has 4 saturated carbocycles. The molecule has 0 spiro atoms. The molecule has 3 heteroatoms. The van der Waals surface area contributed by atoms with Crippen molar-refractivity contribution in [3.63, 3.8) is 0 Å². The van der Waals surface area contributed by atoms with Crippen molar-refractivity contribution in [1.29, 1.82) is 0 Å². The van der Waals surface area contributed by atoms with Gasteiger partial charge in [0.15, 0.2) is 0 Å². The standard InChI is InChI=1S/C18H25NS2/c1-12(16-3-4-17(20-2)21-16)19-11-18-8-13-5-14(9-18)7-15(6-13)10-18/h3-4,13-15,19H,1,5-11H2,2H3. The summed E-state index contributed by atoms with van der Waals surface area (Å²) in [6.07, 6.45) is 11.1. The highest BCUT2D eigenvalue weighted by Crippen LogP contribution is 2.59. The average molecular weight is 320 g/mol. The lowest BCUT2D eigenvalue weighted by Gasteiger charge is -2.57. The van der Waals surface area contributed by atoms with Crippen molar-refractivity contribution in [3.8, 4) is 0 Å². The summed E-state index contributed by atoms with van der Waals surface area (Å²) in [5, 5.41) is 3.70. The second-order valence-electron chi connectivity index (χ2n) is 7.57. The maximum Gasteiger partial charge on any atom is 0.0603 e. The summed E-state index contributed by atoms with van der Waals surface area (Å²) >= 11 is 3.68. The second kappa shape index (κ2) is 5.34. The SMILES string of the molecule is C=C(NCC12CC3CC(CC(C3)C1)C2)c1ccc(SC)s1. The molecule has 4 bridgehead atoms. The van der Waals surface area contributed by atoms with Gasteiger partial charge in [-0.1, -0.05) is 6.58 Å². The predicted molar refractivity (Wildman–Crippen MR) is 93.7 cm³/mol. The van der Waals surface area contributed by atoms with Crippen LogP contribution in [0.3, 0.4) is 0 Å². The Labute approximate surface area is 136 Å². The van der Waals surface area contributed by atoms with Crippen LogP contribution in [0.1, 0.15) is 43.4 Å². The second-order valence-corrected chi connectivity index (χ2v) is 9.76. The van der Waals surface area contributed by atoms with Crippen molar-refractivity contribution >= 4 is 28.8 Å². The van der Waals surface area contributed by atoms with Crippen LogP contribution >= 0.6 is 23.1 Å². The van der Waals surface area contributed by atoms with E-state index in [1.54, 1.807) is 0 Å². The molecule has 4 aliphatic rings. The van der Waals surface area contributed by atoms with Crippen LogP contribution < -0.4 is 5.32 Å². The van der Waals surface area contributed by atoms with E-state index < -0.39 is 0 Å². The summed E-state index contributed by atoms with van der Waals surface area (Å²) < 4.78 is 1.38. The molecule has 1 nitrogen and oxygen atoms in total. The summed E-state index contributed by atoms with van der Waals surface area (Å²) in [6.45, 7) is 5.43. The Kier molecular flexibility index (Phi) is 3.61. The molecule has 0 aliphatic heterocycles. The first-order chi connectivity index (χ1) is 10.2. The van der Waals surface area contributed by atoms with Crippen LogP contribution in [0, 0.1) is 23.2 Å². The molecule has 0 unspecified atom stereocenters. The minimum absolute atomic E-state index is 0.595. The molecule has 0 saturated heterocycles. The molecule has 1 aromatic rings. The van der Waals surface area contributed by atoms with Gasteiger partial charge in [0.25, 0.3) is 0 Å². The Morgan fingerprint density at radius 1 is 1.24 bits per heavy atom. The highest BCUT2D eigenvalue weighted by molar-refractivity contribution is 8.00. The van der Waals surface area contributed by atoms with Gasteiger partial charge in [0, 0.05) is 12.2 Å². The van der Waals surface area contributed by atoms with Crippen LogP contribution in [0.15, 0.2) is 22.9 Å². The van der Waals surface area contributed by atoms with E-state index in [1.165, 1.54) is 47.6 Å². The fraction of sp³-hybridized carbons (Fsp3) is 0.667. The van der Waals surface area contributed by atoms with Crippen molar-refractivity contribution in [3.05, 3.63) is 23.6 Å². The van der Waals surface area contributed by atoms with Gasteiger partial charge < -0.3 is 5.32 Å². The zero-order valence-corrected chi connectivity index (χ0v) is 14.5. The first-order valence-electron chi connectivity index (χ1n) is 8.23. The largest absolute Gasteiger partial charge is 0.384 e. The lowest BCUT2D eigenvalue weighted by atomic mass is 9.49. The predicted octanol–water partition coefficient (Wildman–Crippen LogP) is 5.25. The zero-order chi connectivity index (χ0) is 14.4. The summed E-state index contributed by atoms with van der Waals surface area (Å²) in [5.41, 5.74) is 1.73. The van der Waals surface area contributed by atoms with Crippen molar-refractivity contribution < 1.29 is 0 Å². The van der Waals surface area contributed by atoms with E-state index in [-0.39, 0.29) is 0 Å². The fourth-order valence-electron chi connectivity index (χ4n) is 5.48. The normalized spacial score (nSPS) is 36.9. The fourth-order valence-corrected chi connectivity index (χ4v) is 6.97. The quantitative estimate of drug-likeness (QED) is 0.744. The van der Waals surface area contributed by atoms with E-state index in [9.17, 15) is 0 Å². The minimum Gasteiger partial charge on any atom is -0.384 e. The van der Waals surface area contributed by atoms with E-state index in [0.29, 0.717) is 5.41 Å². The van der Waals surface area contributed by atoms with Gasteiger partial charge in [-0.3, -0.25) is 0 Å². The lowest BCUT2D eigenvalue weighted by molar-refractivity contribution is -0.0494. The number of rotatable bonds is 5. The van der Waals surface area contributed by atoms with Gasteiger partial charge in [0.05, 0.1) is 9.09 Å². The highest BCUT2D eigenvalue weighted by atomic mass is 32.2. The first kappa shape index (κ1) is 14.2. The van der Waals surface area contributed by atoms with Crippen LogP contribution in [-0.2, 0) is 0 Å². The minimum atomic E-state index is 0.595. The Morgan fingerprint density at radius 2 is 1.86 bits per heavy atom. The molecule has 114 valence electrons. The molecule has 1 N–H and O–H groups in total. The molecule has 1 aromatic heterocycles. The van der Waals surface area contributed by atoms with E-state index in [0.717, 1.165) is 30.0 Å². The molecular weight excluding hydrogens is 294 g/mol. The topological polar surface area (TPSA) is 12.0 Å². The van der Waals surface area contributed by atoms with E-state index in [4.69, 9.17) is 0 Å². The van der Waals surface area contributed by atoms with Crippen molar-refractivity contribution in [2.75, 3.05) is 12.8 Å². The first-order valence-corrected chi connectivity index (χ1v) is 10.3. The third-order valence-corrected chi connectivity index (χ3v) is 8.15. The van der Waals surface area contributed by atoms with Gasteiger partial charge in [0.1, 0.15) is 0 Å². The van der Waals surface area contributed by atoms with Crippen LogP contribution in [-0.4, -0.2) is 12.8 Å². The average Bonchev–Trinajstić information content (AvgIpc) is 2.92. The molecule has 5 rings (SSSR count). The summed E-state index contributed by atoms with van der Waals surface area (Å²) in [6, 6.07) is 4.42. The Bertz CT molecular complexity index is 510. The molecule has 0 atom stereocenters. The highest BCUT2D eigenvalue weighted by Gasteiger charge is 2.50. The smallest absolute Gasteiger partial charge is 0.0603 e.